The Morgan fingerprint density at radius 1 is 1.19 bits per heavy atom. The van der Waals surface area contributed by atoms with Crippen LogP contribution in [0, 0.1) is 11.8 Å². The predicted molar refractivity (Wildman–Crippen MR) is 95.7 cm³/mol. The van der Waals surface area contributed by atoms with E-state index < -0.39 is 0 Å². The summed E-state index contributed by atoms with van der Waals surface area (Å²) in [6.45, 7) is 2.95. The maximum absolute atomic E-state index is 12.9. The minimum Gasteiger partial charge on any atom is -0.454 e. The fourth-order valence-corrected chi connectivity index (χ4v) is 4.00. The smallest absolute Gasteiger partial charge is 0.254 e. The van der Waals surface area contributed by atoms with Crippen LogP contribution in [0.3, 0.4) is 0 Å². The summed E-state index contributed by atoms with van der Waals surface area (Å²) in [5.74, 6) is 2.58. The lowest BCUT2D eigenvalue weighted by atomic mass is 9.93. The van der Waals surface area contributed by atoms with Crippen molar-refractivity contribution in [3.63, 3.8) is 0 Å². The molecule has 0 unspecified atom stereocenters. The second-order valence-electron chi connectivity index (χ2n) is 7.03. The first-order valence-electron chi connectivity index (χ1n) is 9.09. The molecule has 4 heterocycles. The summed E-state index contributed by atoms with van der Waals surface area (Å²) in [6.07, 6.45) is 3.52. The van der Waals surface area contributed by atoms with Gasteiger partial charge in [0.05, 0.1) is 12.7 Å². The van der Waals surface area contributed by atoms with Crippen molar-refractivity contribution in [2.24, 2.45) is 11.8 Å². The van der Waals surface area contributed by atoms with Gasteiger partial charge in [-0.3, -0.25) is 4.79 Å². The van der Waals surface area contributed by atoms with Crippen molar-refractivity contribution in [2.75, 3.05) is 38.4 Å². The zero-order valence-electron chi connectivity index (χ0n) is 14.7. The van der Waals surface area contributed by atoms with Gasteiger partial charge in [-0.25, -0.2) is 9.97 Å². The number of hydrogen-bond donors (Lipinski definition) is 1. The Balaban J connectivity index is 1.23. The largest absolute Gasteiger partial charge is 0.454 e. The molecule has 0 aliphatic carbocycles. The molecule has 2 saturated heterocycles. The molecule has 2 fully saturated rings. The number of carbonyl (C=O) groups excluding carboxylic acids is 1. The highest BCUT2D eigenvalue weighted by atomic mass is 16.7. The van der Waals surface area contributed by atoms with Gasteiger partial charge in [-0.1, -0.05) is 0 Å². The lowest BCUT2D eigenvalue weighted by Crippen LogP contribution is -2.32. The van der Waals surface area contributed by atoms with Crippen molar-refractivity contribution in [3.8, 4) is 11.5 Å². The molecule has 3 aliphatic heterocycles. The number of hydrogen-bond acceptors (Lipinski definition) is 7. The molecule has 1 amide bonds. The van der Waals surface area contributed by atoms with Crippen molar-refractivity contribution in [1.29, 1.82) is 0 Å². The average molecular weight is 368 g/mol. The number of anilines is 1. The van der Waals surface area contributed by atoms with Crippen LogP contribution in [0.2, 0.25) is 0 Å². The Morgan fingerprint density at radius 3 is 2.93 bits per heavy atom. The van der Waals surface area contributed by atoms with Crippen LogP contribution in [0.4, 0.5) is 5.95 Å². The summed E-state index contributed by atoms with van der Waals surface area (Å²) in [6, 6.07) is 7.12. The van der Waals surface area contributed by atoms with E-state index in [1.807, 2.05) is 4.90 Å². The van der Waals surface area contributed by atoms with Gasteiger partial charge in [-0.15, -0.1) is 0 Å². The van der Waals surface area contributed by atoms with E-state index in [4.69, 9.17) is 14.2 Å². The monoisotopic (exact) mass is 368 g/mol. The van der Waals surface area contributed by atoms with Crippen molar-refractivity contribution >= 4 is 11.9 Å². The van der Waals surface area contributed by atoms with Gasteiger partial charge in [0.2, 0.25) is 12.7 Å². The third kappa shape index (κ3) is 3.06. The van der Waals surface area contributed by atoms with E-state index in [1.165, 1.54) is 0 Å². The van der Waals surface area contributed by atoms with Gasteiger partial charge in [0, 0.05) is 49.4 Å². The summed E-state index contributed by atoms with van der Waals surface area (Å²) in [4.78, 5) is 23.1. The van der Waals surface area contributed by atoms with E-state index in [9.17, 15) is 4.79 Å². The zero-order valence-corrected chi connectivity index (χ0v) is 14.7. The highest BCUT2D eigenvalue weighted by Crippen LogP contribution is 2.36. The Morgan fingerprint density at radius 2 is 2.04 bits per heavy atom. The first kappa shape index (κ1) is 16.3. The minimum atomic E-state index is 0.00408. The molecule has 3 atom stereocenters. The molecule has 0 bridgehead atoms. The summed E-state index contributed by atoms with van der Waals surface area (Å²) in [5.41, 5.74) is 0.617. The number of ether oxygens (including phenoxy) is 3. The second kappa shape index (κ2) is 6.70. The fraction of sp³-hybridized carbons (Fsp3) is 0.421. The van der Waals surface area contributed by atoms with Gasteiger partial charge < -0.3 is 24.4 Å². The molecule has 5 rings (SSSR count). The first-order chi connectivity index (χ1) is 13.3. The molecule has 0 spiro atoms. The first-order valence-corrected chi connectivity index (χ1v) is 9.09. The topological polar surface area (TPSA) is 85.8 Å². The molecular weight excluding hydrogens is 348 g/mol. The molecule has 1 aromatic heterocycles. The number of fused-ring (bicyclic) bond motifs is 2. The molecule has 0 radical (unpaired) electrons. The van der Waals surface area contributed by atoms with Gasteiger partial charge in [0.15, 0.2) is 11.5 Å². The third-order valence-corrected chi connectivity index (χ3v) is 5.43. The number of nitrogens with one attached hydrogen (secondary N) is 1. The number of aromatic nitrogens is 2. The standard InChI is InChI=1S/C19H20N4O4/c24-18(12-2-3-15-16(6-12)27-11-26-15)23-8-14-13(10-25-17(14)9-23)7-22-19-20-4-1-5-21-19/h1-6,13-14,17H,7-11H2,(H,20,21,22)/t13-,14+,17+/m1/s1. The van der Waals surface area contributed by atoms with Crippen LogP contribution in [-0.2, 0) is 4.74 Å². The predicted octanol–water partition coefficient (Wildman–Crippen LogP) is 1.40. The number of likely N-dealkylation sites (tertiary alicyclic amines) is 1. The van der Waals surface area contributed by atoms with Gasteiger partial charge in [-0.2, -0.15) is 0 Å². The summed E-state index contributed by atoms with van der Waals surface area (Å²) >= 11 is 0. The summed E-state index contributed by atoms with van der Waals surface area (Å²) < 4.78 is 16.6. The molecule has 8 nitrogen and oxygen atoms in total. The molecule has 3 aliphatic rings. The minimum absolute atomic E-state index is 0.00408. The molecule has 140 valence electrons. The van der Waals surface area contributed by atoms with Crippen molar-refractivity contribution in [1.82, 2.24) is 14.9 Å². The highest BCUT2D eigenvalue weighted by molar-refractivity contribution is 5.95. The number of rotatable bonds is 4. The Bertz CT molecular complexity index is 847. The Kier molecular flexibility index (Phi) is 4.05. The Labute approximate surface area is 156 Å². The van der Waals surface area contributed by atoms with Crippen molar-refractivity contribution < 1.29 is 19.0 Å². The Hall–Kier alpha value is -2.87. The van der Waals surface area contributed by atoms with E-state index in [-0.39, 0.29) is 18.8 Å². The quantitative estimate of drug-likeness (QED) is 0.873. The summed E-state index contributed by atoms with van der Waals surface area (Å²) in [7, 11) is 0. The van der Waals surface area contributed by atoms with E-state index in [0.29, 0.717) is 54.5 Å². The number of carbonyl (C=O) groups is 1. The van der Waals surface area contributed by atoms with Crippen LogP contribution in [0.15, 0.2) is 36.7 Å². The summed E-state index contributed by atoms with van der Waals surface area (Å²) in [5, 5.41) is 3.27. The number of nitrogens with zero attached hydrogens (tertiary/aromatic N) is 3. The second-order valence-corrected chi connectivity index (χ2v) is 7.03. The van der Waals surface area contributed by atoms with Gasteiger partial charge in [0.25, 0.3) is 5.91 Å². The van der Waals surface area contributed by atoms with Gasteiger partial charge >= 0.3 is 0 Å². The van der Waals surface area contributed by atoms with Gasteiger partial charge in [0.1, 0.15) is 0 Å². The van der Waals surface area contributed by atoms with Crippen LogP contribution in [-0.4, -0.2) is 59.9 Å². The van der Waals surface area contributed by atoms with Crippen LogP contribution in [0.5, 0.6) is 11.5 Å². The molecule has 2 aromatic rings. The number of benzene rings is 1. The molecule has 8 heteroatoms. The van der Waals surface area contributed by atoms with Crippen LogP contribution in [0.25, 0.3) is 0 Å². The molecule has 1 N–H and O–H groups in total. The van der Waals surface area contributed by atoms with Crippen LogP contribution in [0.1, 0.15) is 10.4 Å². The SMILES string of the molecule is O=C(c1ccc2c(c1)OCO2)N1C[C@H]2[C@H](CNc3ncccn3)CO[C@H]2C1. The molecule has 1 aromatic carbocycles. The van der Waals surface area contributed by atoms with E-state index in [1.54, 1.807) is 36.7 Å². The molecule has 27 heavy (non-hydrogen) atoms. The average Bonchev–Trinajstić information content (AvgIpc) is 3.42. The van der Waals surface area contributed by atoms with Crippen molar-refractivity contribution in [2.45, 2.75) is 6.10 Å². The van der Waals surface area contributed by atoms with E-state index >= 15 is 0 Å². The molecule has 0 saturated carbocycles. The maximum Gasteiger partial charge on any atom is 0.254 e. The van der Waals surface area contributed by atoms with E-state index in [0.717, 1.165) is 6.54 Å². The van der Waals surface area contributed by atoms with E-state index in [2.05, 4.69) is 15.3 Å². The fourth-order valence-electron chi connectivity index (χ4n) is 4.00. The van der Waals surface area contributed by atoms with Crippen molar-refractivity contribution in [3.05, 3.63) is 42.2 Å². The van der Waals surface area contributed by atoms with Gasteiger partial charge in [-0.05, 0) is 24.3 Å². The maximum atomic E-state index is 12.9. The normalized spacial score (nSPS) is 25.5. The lowest BCUT2D eigenvalue weighted by Gasteiger charge is -2.20. The zero-order chi connectivity index (χ0) is 18.2. The number of amides is 1. The van der Waals surface area contributed by atoms with Crippen LogP contribution >= 0.6 is 0 Å². The highest BCUT2D eigenvalue weighted by Gasteiger charge is 2.45. The van der Waals surface area contributed by atoms with Crippen LogP contribution < -0.4 is 14.8 Å². The molecular formula is C19H20N4O4. The third-order valence-electron chi connectivity index (χ3n) is 5.43. The lowest BCUT2D eigenvalue weighted by molar-refractivity contribution is 0.0680.